The minimum absolute atomic E-state index is 0.0832. The Balaban J connectivity index is 1.66. The molecular weight excluding hydrogens is 250 g/mol. The molecular formula is C17H25NO2. The molecule has 0 saturated heterocycles. The maximum absolute atomic E-state index is 11.8. The highest BCUT2D eigenvalue weighted by Gasteiger charge is 2.26. The molecule has 0 heterocycles. The van der Waals surface area contributed by atoms with Gasteiger partial charge >= 0.3 is 5.97 Å². The lowest BCUT2D eigenvalue weighted by molar-refractivity contribution is -0.151. The molecule has 3 unspecified atom stereocenters. The number of para-hydroxylation sites is 1. The molecule has 3 atom stereocenters. The monoisotopic (exact) mass is 275 g/mol. The van der Waals surface area contributed by atoms with E-state index in [4.69, 9.17) is 4.74 Å². The van der Waals surface area contributed by atoms with Crippen molar-refractivity contribution in [1.29, 1.82) is 0 Å². The summed E-state index contributed by atoms with van der Waals surface area (Å²) in [4.78, 5) is 11.8. The lowest BCUT2D eigenvalue weighted by atomic mass is 9.80. The van der Waals surface area contributed by atoms with Crippen molar-refractivity contribution >= 4 is 11.7 Å². The van der Waals surface area contributed by atoms with Gasteiger partial charge in [0.1, 0.15) is 6.10 Å². The zero-order chi connectivity index (χ0) is 14.4. The highest BCUT2D eigenvalue weighted by Crippen LogP contribution is 2.31. The van der Waals surface area contributed by atoms with Crippen molar-refractivity contribution < 1.29 is 9.53 Å². The van der Waals surface area contributed by atoms with Crippen molar-refractivity contribution in [2.75, 3.05) is 11.9 Å². The highest BCUT2D eigenvalue weighted by atomic mass is 16.5. The molecule has 1 aromatic carbocycles. The van der Waals surface area contributed by atoms with Crippen molar-refractivity contribution in [1.82, 2.24) is 0 Å². The van der Waals surface area contributed by atoms with E-state index in [1.165, 1.54) is 6.42 Å². The van der Waals surface area contributed by atoms with E-state index in [9.17, 15) is 4.79 Å². The second kappa shape index (κ2) is 7.32. The number of anilines is 1. The van der Waals surface area contributed by atoms with Crippen LogP contribution in [0.2, 0.25) is 0 Å². The predicted molar refractivity (Wildman–Crippen MR) is 81.6 cm³/mol. The van der Waals surface area contributed by atoms with Crippen LogP contribution < -0.4 is 5.32 Å². The summed E-state index contributed by atoms with van der Waals surface area (Å²) in [6.07, 6.45) is 3.75. The minimum Gasteiger partial charge on any atom is -0.462 e. The Labute approximate surface area is 121 Å². The number of carbonyl (C=O) groups is 1. The van der Waals surface area contributed by atoms with Crippen LogP contribution in [0.1, 0.15) is 39.5 Å². The van der Waals surface area contributed by atoms with E-state index in [2.05, 4.69) is 19.2 Å². The van der Waals surface area contributed by atoms with E-state index in [-0.39, 0.29) is 12.1 Å². The molecule has 1 aromatic rings. The molecule has 0 radical (unpaired) electrons. The number of rotatable bonds is 5. The maximum atomic E-state index is 11.8. The molecule has 1 fully saturated rings. The number of hydrogen-bond donors (Lipinski definition) is 1. The van der Waals surface area contributed by atoms with Gasteiger partial charge in [-0.2, -0.15) is 0 Å². The fourth-order valence-electron chi connectivity index (χ4n) is 2.71. The standard InChI is InChI=1S/C17H25NO2/c1-13-8-9-16(12-14(13)2)20-17(19)10-11-18-15-6-4-3-5-7-15/h3-7,13-14,16,18H,8-12H2,1-2H3. The molecule has 110 valence electrons. The normalized spacial score (nSPS) is 26.0. The van der Waals surface area contributed by atoms with E-state index in [1.807, 2.05) is 30.3 Å². The van der Waals surface area contributed by atoms with Crippen LogP contribution >= 0.6 is 0 Å². The summed E-state index contributed by atoms with van der Waals surface area (Å²) in [5.74, 6) is 1.33. The Morgan fingerprint density at radius 3 is 2.65 bits per heavy atom. The third-order valence-electron chi connectivity index (χ3n) is 4.28. The molecule has 0 amide bonds. The summed E-state index contributed by atoms with van der Waals surface area (Å²) >= 11 is 0. The molecule has 3 nitrogen and oxygen atoms in total. The van der Waals surface area contributed by atoms with Gasteiger partial charge < -0.3 is 10.1 Å². The van der Waals surface area contributed by atoms with Crippen LogP contribution in [-0.4, -0.2) is 18.6 Å². The maximum Gasteiger partial charge on any atom is 0.307 e. The van der Waals surface area contributed by atoms with E-state index in [1.54, 1.807) is 0 Å². The van der Waals surface area contributed by atoms with Gasteiger partial charge in [-0.3, -0.25) is 4.79 Å². The Morgan fingerprint density at radius 2 is 1.95 bits per heavy atom. The first kappa shape index (κ1) is 14.9. The Morgan fingerprint density at radius 1 is 1.20 bits per heavy atom. The average molecular weight is 275 g/mol. The zero-order valence-electron chi connectivity index (χ0n) is 12.5. The van der Waals surface area contributed by atoms with Crippen molar-refractivity contribution in [3.8, 4) is 0 Å². The molecule has 1 saturated carbocycles. The molecule has 20 heavy (non-hydrogen) atoms. The number of hydrogen-bond acceptors (Lipinski definition) is 3. The van der Waals surface area contributed by atoms with Gasteiger partial charge in [-0.15, -0.1) is 0 Å². The van der Waals surface area contributed by atoms with E-state index >= 15 is 0 Å². The van der Waals surface area contributed by atoms with Crippen LogP contribution in [0.4, 0.5) is 5.69 Å². The quantitative estimate of drug-likeness (QED) is 0.829. The SMILES string of the molecule is CC1CCC(OC(=O)CCNc2ccccc2)CC1C. The van der Waals surface area contributed by atoms with Crippen molar-refractivity contribution in [2.24, 2.45) is 11.8 Å². The van der Waals surface area contributed by atoms with E-state index in [0.717, 1.165) is 24.4 Å². The van der Waals surface area contributed by atoms with Crippen molar-refractivity contribution in [3.05, 3.63) is 30.3 Å². The van der Waals surface area contributed by atoms with Gasteiger partial charge in [-0.1, -0.05) is 32.0 Å². The van der Waals surface area contributed by atoms with Crippen molar-refractivity contribution in [3.63, 3.8) is 0 Å². The average Bonchev–Trinajstić information content (AvgIpc) is 2.44. The zero-order valence-corrected chi connectivity index (χ0v) is 12.5. The fraction of sp³-hybridized carbons (Fsp3) is 0.588. The van der Waals surface area contributed by atoms with E-state index in [0.29, 0.717) is 18.9 Å². The van der Waals surface area contributed by atoms with Gasteiger partial charge in [0.15, 0.2) is 0 Å². The third-order valence-corrected chi connectivity index (χ3v) is 4.28. The first-order chi connectivity index (χ1) is 9.65. The summed E-state index contributed by atoms with van der Waals surface area (Å²) in [5, 5.41) is 3.23. The first-order valence-corrected chi connectivity index (χ1v) is 7.63. The molecule has 2 rings (SSSR count). The fourth-order valence-corrected chi connectivity index (χ4v) is 2.71. The molecule has 0 bridgehead atoms. The number of benzene rings is 1. The largest absolute Gasteiger partial charge is 0.462 e. The molecule has 1 N–H and O–H groups in total. The third kappa shape index (κ3) is 4.55. The highest BCUT2D eigenvalue weighted by molar-refractivity contribution is 5.70. The van der Waals surface area contributed by atoms with Gasteiger partial charge in [0.25, 0.3) is 0 Å². The van der Waals surface area contributed by atoms with Gasteiger partial charge in [0.05, 0.1) is 6.42 Å². The Bertz CT molecular complexity index is 418. The lowest BCUT2D eigenvalue weighted by Gasteiger charge is -2.31. The van der Waals surface area contributed by atoms with E-state index < -0.39 is 0 Å². The molecule has 0 aromatic heterocycles. The van der Waals surface area contributed by atoms with Crippen LogP contribution in [0.25, 0.3) is 0 Å². The van der Waals surface area contributed by atoms with Gasteiger partial charge in [-0.25, -0.2) is 0 Å². The molecule has 0 aliphatic heterocycles. The summed E-state index contributed by atoms with van der Waals surface area (Å²) in [6, 6.07) is 9.92. The summed E-state index contributed by atoms with van der Waals surface area (Å²) in [5.41, 5.74) is 1.04. The van der Waals surface area contributed by atoms with Crippen molar-refractivity contribution in [2.45, 2.75) is 45.6 Å². The van der Waals surface area contributed by atoms with Crippen LogP contribution in [0.3, 0.4) is 0 Å². The second-order valence-corrected chi connectivity index (χ2v) is 5.92. The van der Waals surface area contributed by atoms with Crippen LogP contribution in [-0.2, 0) is 9.53 Å². The van der Waals surface area contributed by atoms with Crippen LogP contribution in [0.5, 0.6) is 0 Å². The number of esters is 1. The van der Waals surface area contributed by atoms with Crippen LogP contribution in [0, 0.1) is 11.8 Å². The number of ether oxygens (including phenoxy) is 1. The topological polar surface area (TPSA) is 38.3 Å². The summed E-state index contributed by atoms with van der Waals surface area (Å²) in [6.45, 7) is 5.16. The van der Waals surface area contributed by atoms with Gasteiger partial charge in [0, 0.05) is 12.2 Å². The summed E-state index contributed by atoms with van der Waals surface area (Å²) in [7, 11) is 0. The number of nitrogens with one attached hydrogen (secondary N) is 1. The molecule has 1 aliphatic carbocycles. The summed E-state index contributed by atoms with van der Waals surface area (Å²) < 4.78 is 5.57. The Hall–Kier alpha value is -1.51. The van der Waals surface area contributed by atoms with Gasteiger partial charge in [0.2, 0.25) is 0 Å². The Kier molecular flexibility index (Phi) is 5.45. The molecule has 1 aliphatic rings. The lowest BCUT2D eigenvalue weighted by Crippen LogP contribution is -2.29. The second-order valence-electron chi connectivity index (χ2n) is 5.92. The molecule has 3 heteroatoms. The molecule has 0 spiro atoms. The smallest absolute Gasteiger partial charge is 0.307 e. The predicted octanol–water partition coefficient (Wildman–Crippen LogP) is 3.86. The first-order valence-electron chi connectivity index (χ1n) is 7.63. The number of carbonyl (C=O) groups excluding carboxylic acids is 1. The van der Waals surface area contributed by atoms with Crippen LogP contribution in [0.15, 0.2) is 30.3 Å². The minimum atomic E-state index is -0.0832. The van der Waals surface area contributed by atoms with Gasteiger partial charge in [-0.05, 0) is 43.2 Å².